The lowest BCUT2D eigenvalue weighted by Gasteiger charge is -2.06. The van der Waals surface area contributed by atoms with Crippen LogP contribution in [0.15, 0.2) is 48.5 Å². The number of halogens is 1. The second kappa shape index (κ2) is 6.60. The summed E-state index contributed by atoms with van der Waals surface area (Å²) >= 11 is 5.81. The molecule has 2 aromatic rings. The minimum Gasteiger partial charge on any atom is -0.478 e. The summed E-state index contributed by atoms with van der Waals surface area (Å²) in [5, 5.41) is 11.6. The molecule has 4 nitrogen and oxygen atoms in total. The van der Waals surface area contributed by atoms with Crippen LogP contribution in [0.4, 0.5) is 5.69 Å². The third-order valence-electron chi connectivity index (χ3n) is 2.57. The van der Waals surface area contributed by atoms with Crippen LogP contribution in [-0.4, -0.2) is 17.0 Å². The summed E-state index contributed by atoms with van der Waals surface area (Å²) in [4.78, 5) is 22.9. The molecule has 0 aliphatic heterocycles. The van der Waals surface area contributed by atoms with Crippen molar-refractivity contribution in [2.75, 3.05) is 5.32 Å². The van der Waals surface area contributed by atoms with E-state index in [1.807, 2.05) is 6.07 Å². The molecule has 2 aromatic carbocycles. The Bertz CT molecular complexity index is 745. The minimum absolute atomic E-state index is 0.0521. The van der Waals surface area contributed by atoms with E-state index in [-0.39, 0.29) is 16.3 Å². The number of carboxylic acids is 1. The monoisotopic (exact) mass is 299 g/mol. The van der Waals surface area contributed by atoms with Crippen molar-refractivity contribution in [2.45, 2.75) is 0 Å². The lowest BCUT2D eigenvalue weighted by atomic mass is 10.1. The quantitative estimate of drug-likeness (QED) is 0.838. The number of anilines is 1. The van der Waals surface area contributed by atoms with Crippen molar-refractivity contribution in [1.82, 2.24) is 0 Å². The number of rotatable bonds is 2. The average molecular weight is 300 g/mol. The Morgan fingerprint density at radius 3 is 2.43 bits per heavy atom. The lowest BCUT2D eigenvalue weighted by Crippen LogP contribution is -2.12. The Labute approximate surface area is 126 Å². The van der Waals surface area contributed by atoms with Crippen LogP contribution in [0.1, 0.15) is 15.9 Å². The molecule has 5 heteroatoms. The summed E-state index contributed by atoms with van der Waals surface area (Å²) in [6.45, 7) is 0. The highest BCUT2D eigenvalue weighted by Crippen LogP contribution is 2.24. The maximum absolute atomic E-state index is 11.8. The molecule has 0 heterocycles. The lowest BCUT2D eigenvalue weighted by molar-refractivity contribution is -0.111. The van der Waals surface area contributed by atoms with Gasteiger partial charge in [-0.2, -0.15) is 0 Å². The van der Waals surface area contributed by atoms with Gasteiger partial charge in [-0.25, -0.2) is 4.79 Å². The van der Waals surface area contributed by atoms with Crippen molar-refractivity contribution >= 4 is 29.2 Å². The molecular weight excluding hydrogens is 290 g/mol. The molecular formula is C16H10ClNO3. The van der Waals surface area contributed by atoms with Gasteiger partial charge < -0.3 is 10.4 Å². The number of nitrogens with one attached hydrogen (secondary N) is 1. The fraction of sp³-hybridized carbons (Fsp3) is 0. The van der Waals surface area contributed by atoms with Crippen molar-refractivity contribution in [3.05, 3.63) is 64.7 Å². The van der Waals surface area contributed by atoms with E-state index in [1.54, 1.807) is 30.3 Å². The second-order valence-electron chi connectivity index (χ2n) is 4.04. The molecule has 0 saturated carbocycles. The SMILES string of the molecule is O=C(C#Cc1ccccc1)Nc1cccc(Cl)c1C(=O)O. The zero-order valence-electron chi connectivity index (χ0n) is 10.8. The molecule has 0 atom stereocenters. The van der Waals surface area contributed by atoms with Gasteiger partial charge >= 0.3 is 11.9 Å². The van der Waals surface area contributed by atoms with Gasteiger partial charge in [-0.1, -0.05) is 41.8 Å². The van der Waals surface area contributed by atoms with Crippen molar-refractivity contribution in [1.29, 1.82) is 0 Å². The predicted molar refractivity (Wildman–Crippen MR) is 80.4 cm³/mol. The number of amides is 1. The molecule has 0 aromatic heterocycles. The molecule has 0 radical (unpaired) electrons. The van der Waals surface area contributed by atoms with E-state index in [4.69, 9.17) is 16.7 Å². The molecule has 21 heavy (non-hydrogen) atoms. The molecule has 2 N–H and O–H groups in total. The Balaban J connectivity index is 2.20. The third-order valence-corrected chi connectivity index (χ3v) is 2.88. The number of carbonyl (C=O) groups excluding carboxylic acids is 1. The topological polar surface area (TPSA) is 66.4 Å². The van der Waals surface area contributed by atoms with Crippen LogP contribution in [0, 0.1) is 11.8 Å². The van der Waals surface area contributed by atoms with Crippen molar-refractivity contribution < 1.29 is 14.7 Å². The van der Waals surface area contributed by atoms with Crippen LogP contribution in [0.25, 0.3) is 0 Å². The molecule has 0 unspecified atom stereocenters. The summed E-state index contributed by atoms with van der Waals surface area (Å²) < 4.78 is 0. The highest BCUT2D eigenvalue weighted by atomic mass is 35.5. The van der Waals surface area contributed by atoms with Crippen LogP contribution in [-0.2, 0) is 4.79 Å². The predicted octanol–water partition coefficient (Wildman–Crippen LogP) is 3.03. The summed E-state index contributed by atoms with van der Waals surface area (Å²) in [5.41, 5.74) is 0.647. The zero-order valence-corrected chi connectivity index (χ0v) is 11.5. The van der Waals surface area contributed by atoms with Crippen LogP contribution < -0.4 is 5.32 Å². The van der Waals surface area contributed by atoms with Crippen LogP contribution >= 0.6 is 11.6 Å². The van der Waals surface area contributed by atoms with Crippen molar-refractivity contribution in [3.63, 3.8) is 0 Å². The fourth-order valence-electron chi connectivity index (χ4n) is 1.65. The van der Waals surface area contributed by atoms with E-state index in [0.29, 0.717) is 5.56 Å². The second-order valence-corrected chi connectivity index (χ2v) is 4.44. The molecule has 104 valence electrons. The molecule has 0 spiro atoms. The summed E-state index contributed by atoms with van der Waals surface area (Å²) in [7, 11) is 0. The maximum Gasteiger partial charge on any atom is 0.339 e. The van der Waals surface area contributed by atoms with E-state index in [0.717, 1.165) is 0 Å². The smallest absolute Gasteiger partial charge is 0.339 e. The van der Waals surface area contributed by atoms with Crippen LogP contribution in [0.5, 0.6) is 0 Å². The highest BCUT2D eigenvalue weighted by molar-refractivity contribution is 6.34. The Morgan fingerprint density at radius 2 is 1.76 bits per heavy atom. The van der Waals surface area contributed by atoms with Gasteiger partial charge in [0.05, 0.1) is 10.7 Å². The summed E-state index contributed by atoms with van der Waals surface area (Å²) in [6, 6.07) is 13.4. The van der Waals surface area contributed by atoms with Gasteiger partial charge in [0.1, 0.15) is 5.56 Å². The normalized spacial score (nSPS) is 9.38. The van der Waals surface area contributed by atoms with E-state index in [2.05, 4.69) is 17.2 Å². The molecule has 0 bridgehead atoms. The van der Waals surface area contributed by atoms with Gasteiger partial charge in [0, 0.05) is 11.5 Å². The number of carboxylic acid groups (broad SMARTS) is 1. The molecule has 2 rings (SSSR count). The van der Waals surface area contributed by atoms with Gasteiger partial charge in [-0.3, -0.25) is 4.79 Å². The number of carbonyl (C=O) groups is 2. The van der Waals surface area contributed by atoms with E-state index >= 15 is 0 Å². The van der Waals surface area contributed by atoms with E-state index in [9.17, 15) is 9.59 Å². The van der Waals surface area contributed by atoms with Crippen molar-refractivity contribution in [2.24, 2.45) is 0 Å². The summed E-state index contributed by atoms with van der Waals surface area (Å²) in [5.74, 6) is 3.26. The van der Waals surface area contributed by atoms with Gasteiger partial charge in [0.15, 0.2) is 0 Å². The van der Waals surface area contributed by atoms with Gasteiger partial charge in [0.2, 0.25) is 0 Å². The number of aromatic carboxylic acids is 1. The largest absolute Gasteiger partial charge is 0.478 e. The standard InChI is InChI=1S/C16H10ClNO3/c17-12-7-4-8-13(15(12)16(20)21)18-14(19)10-9-11-5-2-1-3-6-11/h1-8H,(H,18,19)(H,20,21). The Hall–Kier alpha value is -2.77. The van der Waals surface area contributed by atoms with Crippen molar-refractivity contribution in [3.8, 4) is 11.8 Å². The zero-order chi connectivity index (χ0) is 15.2. The number of hydrogen-bond acceptors (Lipinski definition) is 2. The first-order chi connectivity index (χ1) is 10.1. The van der Waals surface area contributed by atoms with Gasteiger partial charge in [-0.15, -0.1) is 0 Å². The first-order valence-electron chi connectivity index (χ1n) is 5.98. The first-order valence-corrected chi connectivity index (χ1v) is 6.35. The number of benzene rings is 2. The average Bonchev–Trinajstić information content (AvgIpc) is 2.46. The van der Waals surface area contributed by atoms with Crippen LogP contribution in [0.2, 0.25) is 5.02 Å². The molecule has 1 amide bonds. The molecule has 0 fully saturated rings. The minimum atomic E-state index is -1.22. The van der Waals surface area contributed by atoms with E-state index < -0.39 is 11.9 Å². The van der Waals surface area contributed by atoms with E-state index in [1.165, 1.54) is 12.1 Å². The van der Waals surface area contributed by atoms with Gasteiger partial charge in [-0.05, 0) is 24.3 Å². The Morgan fingerprint density at radius 1 is 1.05 bits per heavy atom. The first kappa shape index (κ1) is 14.6. The molecule has 0 aliphatic carbocycles. The number of hydrogen-bond donors (Lipinski definition) is 2. The summed E-state index contributed by atoms with van der Waals surface area (Å²) in [6.07, 6.45) is 0. The Kier molecular flexibility index (Phi) is 4.60. The highest BCUT2D eigenvalue weighted by Gasteiger charge is 2.15. The molecule has 0 saturated heterocycles. The van der Waals surface area contributed by atoms with Gasteiger partial charge in [0.25, 0.3) is 0 Å². The maximum atomic E-state index is 11.8. The van der Waals surface area contributed by atoms with Crippen LogP contribution in [0.3, 0.4) is 0 Å². The third kappa shape index (κ3) is 3.85. The molecule has 0 aliphatic rings. The fourth-order valence-corrected chi connectivity index (χ4v) is 1.91.